The Labute approximate surface area is 102 Å². The molecular formula is C15H30O. The molecule has 0 atom stereocenters. The van der Waals surface area contributed by atoms with E-state index in [4.69, 9.17) is 5.11 Å². The molecule has 1 heteroatoms. The third-order valence-electron chi connectivity index (χ3n) is 3.08. The van der Waals surface area contributed by atoms with Crippen LogP contribution in [0.5, 0.6) is 0 Å². The normalized spacial score (nSPS) is 11.3. The molecule has 0 heterocycles. The highest BCUT2D eigenvalue weighted by molar-refractivity contribution is 4.70. The van der Waals surface area contributed by atoms with Gasteiger partial charge in [-0.05, 0) is 12.8 Å². The van der Waals surface area contributed by atoms with Crippen LogP contribution in [0.25, 0.3) is 0 Å². The molecule has 0 amide bonds. The number of hydrogen-bond acceptors (Lipinski definition) is 1. The maximum Gasteiger partial charge on any atom is 0.0751 e. The van der Waals surface area contributed by atoms with E-state index in [9.17, 15) is 0 Å². The summed E-state index contributed by atoms with van der Waals surface area (Å²) in [6, 6.07) is 0. The minimum atomic E-state index is 1.04. The zero-order valence-corrected chi connectivity index (χ0v) is 11.1. The molecule has 0 aromatic heterocycles. The first-order chi connectivity index (χ1) is 7.91. The number of aliphatic hydroxyl groups is 1. The van der Waals surface area contributed by atoms with E-state index in [1.54, 1.807) is 0 Å². The van der Waals surface area contributed by atoms with Crippen molar-refractivity contribution in [1.29, 1.82) is 0 Å². The molecule has 0 spiro atoms. The summed E-state index contributed by atoms with van der Waals surface area (Å²) in [4.78, 5) is 0. The van der Waals surface area contributed by atoms with Crippen LogP contribution < -0.4 is 0 Å². The summed E-state index contributed by atoms with van der Waals surface area (Å²) in [5, 5.41) is 8.45. The van der Waals surface area contributed by atoms with Crippen LogP contribution in [-0.2, 0) is 0 Å². The summed E-state index contributed by atoms with van der Waals surface area (Å²) in [5.41, 5.74) is 0. The van der Waals surface area contributed by atoms with Crippen LogP contribution in [0.2, 0.25) is 0 Å². The lowest BCUT2D eigenvalue weighted by Gasteiger charge is -2.01. The average Bonchev–Trinajstić information content (AvgIpc) is 2.31. The van der Waals surface area contributed by atoms with E-state index in [0.29, 0.717) is 0 Å². The van der Waals surface area contributed by atoms with Gasteiger partial charge in [0.15, 0.2) is 0 Å². The van der Waals surface area contributed by atoms with Crippen molar-refractivity contribution in [2.24, 2.45) is 0 Å². The van der Waals surface area contributed by atoms with Crippen LogP contribution in [0, 0.1) is 0 Å². The molecular weight excluding hydrogens is 196 g/mol. The molecule has 0 unspecified atom stereocenters. The molecule has 0 saturated carbocycles. The van der Waals surface area contributed by atoms with E-state index >= 15 is 0 Å². The summed E-state index contributed by atoms with van der Waals surface area (Å²) in [7, 11) is 0. The SMILES string of the molecule is CCCCCCCCCCCCCC=CO. The Hall–Kier alpha value is -0.460. The summed E-state index contributed by atoms with van der Waals surface area (Å²) < 4.78 is 0. The molecule has 0 aliphatic heterocycles. The van der Waals surface area contributed by atoms with Crippen LogP contribution in [0.4, 0.5) is 0 Å². The number of allylic oxidation sites excluding steroid dienone is 1. The molecule has 0 saturated heterocycles. The summed E-state index contributed by atoms with van der Waals surface area (Å²) >= 11 is 0. The van der Waals surface area contributed by atoms with Crippen molar-refractivity contribution < 1.29 is 5.11 Å². The van der Waals surface area contributed by atoms with Gasteiger partial charge in [0.05, 0.1) is 6.26 Å². The monoisotopic (exact) mass is 226 g/mol. The van der Waals surface area contributed by atoms with Gasteiger partial charge in [0, 0.05) is 0 Å². The van der Waals surface area contributed by atoms with Gasteiger partial charge in [0.2, 0.25) is 0 Å². The molecule has 0 aromatic rings. The van der Waals surface area contributed by atoms with Crippen molar-refractivity contribution in [3.8, 4) is 0 Å². The maximum atomic E-state index is 8.45. The fraction of sp³-hybridized carbons (Fsp3) is 0.867. The average molecular weight is 226 g/mol. The molecule has 1 nitrogen and oxygen atoms in total. The largest absolute Gasteiger partial charge is 0.516 e. The molecule has 0 rings (SSSR count). The Morgan fingerprint density at radius 3 is 1.56 bits per heavy atom. The summed E-state index contributed by atoms with van der Waals surface area (Å²) in [5.74, 6) is 0. The lowest BCUT2D eigenvalue weighted by molar-refractivity contribution is 0.469. The standard InChI is InChI=1S/C15H30O/c1-2-3-4-5-6-7-8-9-10-11-12-13-14-15-16/h14-16H,2-13H2,1H3. The number of rotatable bonds is 12. The van der Waals surface area contributed by atoms with Crippen molar-refractivity contribution >= 4 is 0 Å². The van der Waals surface area contributed by atoms with Crippen molar-refractivity contribution in [3.63, 3.8) is 0 Å². The van der Waals surface area contributed by atoms with Crippen LogP contribution >= 0.6 is 0 Å². The van der Waals surface area contributed by atoms with Crippen molar-refractivity contribution in [2.45, 2.75) is 84.0 Å². The van der Waals surface area contributed by atoms with E-state index < -0.39 is 0 Å². The van der Waals surface area contributed by atoms with Gasteiger partial charge in [-0.2, -0.15) is 0 Å². The Morgan fingerprint density at radius 1 is 0.688 bits per heavy atom. The van der Waals surface area contributed by atoms with Crippen molar-refractivity contribution in [1.82, 2.24) is 0 Å². The first-order valence-electron chi connectivity index (χ1n) is 7.21. The van der Waals surface area contributed by atoms with Gasteiger partial charge < -0.3 is 5.11 Å². The smallest absolute Gasteiger partial charge is 0.0751 e. The molecule has 0 aromatic carbocycles. The third kappa shape index (κ3) is 13.5. The predicted molar refractivity (Wildman–Crippen MR) is 72.8 cm³/mol. The Morgan fingerprint density at radius 2 is 1.12 bits per heavy atom. The maximum absolute atomic E-state index is 8.45. The molecule has 0 bridgehead atoms. The molecule has 0 aliphatic rings. The van der Waals surface area contributed by atoms with Crippen LogP contribution in [0.3, 0.4) is 0 Å². The first-order valence-corrected chi connectivity index (χ1v) is 7.21. The van der Waals surface area contributed by atoms with E-state index in [-0.39, 0.29) is 0 Å². The summed E-state index contributed by atoms with van der Waals surface area (Å²) in [6.45, 7) is 2.27. The van der Waals surface area contributed by atoms with Gasteiger partial charge >= 0.3 is 0 Å². The highest BCUT2D eigenvalue weighted by atomic mass is 16.2. The molecule has 96 valence electrons. The zero-order valence-electron chi connectivity index (χ0n) is 11.1. The van der Waals surface area contributed by atoms with E-state index in [2.05, 4.69) is 6.92 Å². The molecule has 16 heavy (non-hydrogen) atoms. The number of aliphatic hydroxyl groups excluding tert-OH is 1. The second-order valence-corrected chi connectivity index (χ2v) is 4.71. The van der Waals surface area contributed by atoms with E-state index in [0.717, 1.165) is 12.7 Å². The second-order valence-electron chi connectivity index (χ2n) is 4.71. The molecule has 0 fully saturated rings. The lowest BCUT2D eigenvalue weighted by atomic mass is 10.1. The van der Waals surface area contributed by atoms with E-state index in [1.807, 2.05) is 6.08 Å². The third-order valence-corrected chi connectivity index (χ3v) is 3.08. The predicted octanol–water partition coefficient (Wildman–Crippen LogP) is 5.76. The van der Waals surface area contributed by atoms with Gasteiger partial charge in [0.1, 0.15) is 0 Å². The van der Waals surface area contributed by atoms with Crippen LogP contribution in [-0.4, -0.2) is 5.11 Å². The number of unbranched alkanes of at least 4 members (excludes halogenated alkanes) is 11. The quantitative estimate of drug-likeness (QED) is 0.331. The highest BCUT2D eigenvalue weighted by Crippen LogP contribution is 2.11. The minimum absolute atomic E-state index is 1.04. The van der Waals surface area contributed by atoms with E-state index in [1.165, 1.54) is 70.6 Å². The van der Waals surface area contributed by atoms with Gasteiger partial charge in [-0.3, -0.25) is 0 Å². The molecule has 0 aliphatic carbocycles. The van der Waals surface area contributed by atoms with Gasteiger partial charge in [-0.15, -0.1) is 0 Å². The number of hydrogen-bond donors (Lipinski definition) is 1. The molecule has 0 radical (unpaired) electrons. The summed E-state index contributed by atoms with van der Waals surface area (Å²) in [6.07, 6.45) is 19.3. The Kier molecular flexibility index (Phi) is 14.1. The zero-order chi connectivity index (χ0) is 11.9. The fourth-order valence-electron chi connectivity index (χ4n) is 2.00. The van der Waals surface area contributed by atoms with Gasteiger partial charge in [-0.25, -0.2) is 0 Å². The highest BCUT2D eigenvalue weighted by Gasteiger charge is 1.92. The Balaban J connectivity index is 2.88. The lowest BCUT2D eigenvalue weighted by Crippen LogP contribution is -1.81. The Bertz CT molecular complexity index is 140. The van der Waals surface area contributed by atoms with Crippen molar-refractivity contribution in [3.05, 3.63) is 12.3 Å². The molecule has 1 N–H and O–H groups in total. The second kappa shape index (κ2) is 14.5. The fourth-order valence-corrected chi connectivity index (χ4v) is 2.00. The first kappa shape index (κ1) is 15.5. The van der Waals surface area contributed by atoms with Gasteiger partial charge in [0.25, 0.3) is 0 Å². The van der Waals surface area contributed by atoms with Crippen LogP contribution in [0.15, 0.2) is 12.3 Å². The van der Waals surface area contributed by atoms with Crippen LogP contribution in [0.1, 0.15) is 84.0 Å². The minimum Gasteiger partial charge on any atom is -0.516 e. The van der Waals surface area contributed by atoms with Crippen molar-refractivity contribution in [2.75, 3.05) is 0 Å². The van der Waals surface area contributed by atoms with Gasteiger partial charge in [-0.1, -0.05) is 77.2 Å². The topological polar surface area (TPSA) is 20.2 Å².